The zero-order chi connectivity index (χ0) is 12.5. The van der Waals surface area contributed by atoms with E-state index in [1.807, 2.05) is 6.92 Å². The highest BCUT2D eigenvalue weighted by Crippen LogP contribution is 2.28. The zero-order valence-corrected chi connectivity index (χ0v) is 11.5. The third kappa shape index (κ3) is 3.01. The molecule has 2 rings (SSSR count). The van der Waals surface area contributed by atoms with Crippen LogP contribution in [0.4, 0.5) is 0 Å². The van der Waals surface area contributed by atoms with Crippen molar-refractivity contribution in [1.82, 2.24) is 4.31 Å². The van der Waals surface area contributed by atoms with Gasteiger partial charge in [-0.3, -0.25) is 0 Å². The minimum absolute atomic E-state index is 0.0103. The molecule has 0 amide bonds. The first-order chi connectivity index (χ1) is 8.00. The molecule has 1 saturated carbocycles. The van der Waals surface area contributed by atoms with Crippen molar-refractivity contribution in [3.8, 4) is 0 Å². The molecule has 0 aromatic rings. The molecule has 2 aliphatic rings. The van der Waals surface area contributed by atoms with E-state index in [9.17, 15) is 8.42 Å². The van der Waals surface area contributed by atoms with Gasteiger partial charge in [0, 0.05) is 18.6 Å². The molecule has 2 N–H and O–H groups in total. The number of hydrogen-bond donors (Lipinski definition) is 1. The third-order valence-electron chi connectivity index (χ3n) is 4.29. The van der Waals surface area contributed by atoms with E-state index in [2.05, 4.69) is 0 Å². The fourth-order valence-corrected chi connectivity index (χ4v) is 5.24. The van der Waals surface area contributed by atoms with Crippen LogP contribution in [0.2, 0.25) is 0 Å². The van der Waals surface area contributed by atoms with Crippen LogP contribution in [0, 0.1) is 5.92 Å². The summed E-state index contributed by atoms with van der Waals surface area (Å²) >= 11 is 0. The van der Waals surface area contributed by atoms with Crippen molar-refractivity contribution in [2.75, 3.05) is 12.3 Å². The summed E-state index contributed by atoms with van der Waals surface area (Å²) in [5, 5.41) is 0. The minimum atomic E-state index is -3.09. The summed E-state index contributed by atoms with van der Waals surface area (Å²) in [4.78, 5) is 0. The fourth-order valence-electron chi connectivity index (χ4n) is 3.07. The quantitative estimate of drug-likeness (QED) is 0.832. The Labute approximate surface area is 105 Å². The molecule has 2 unspecified atom stereocenters. The molecule has 2 fully saturated rings. The maximum atomic E-state index is 12.3. The Kier molecular flexibility index (Phi) is 4.10. The lowest BCUT2D eigenvalue weighted by atomic mass is 9.91. The molecule has 5 heteroatoms. The largest absolute Gasteiger partial charge is 0.326 e. The van der Waals surface area contributed by atoms with Gasteiger partial charge in [-0.25, -0.2) is 8.42 Å². The van der Waals surface area contributed by atoms with Gasteiger partial charge in [0.25, 0.3) is 0 Å². The molecule has 2 atom stereocenters. The van der Waals surface area contributed by atoms with Crippen molar-refractivity contribution < 1.29 is 8.42 Å². The average molecular weight is 260 g/mol. The van der Waals surface area contributed by atoms with Crippen molar-refractivity contribution >= 4 is 10.0 Å². The highest BCUT2D eigenvalue weighted by molar-refractivity contribution is 7.89. The van der Waals surface area contributed by atoms with Crippen molar-refractivity contribution in [1.29, 1.82) is 0 Å². The lowest BCUT2D eigenvalue weighted by molar-refractivity contribution is 0.359. The number of nitrogens with two attached hydrogens (primary N) is 1. The Balaban J connectivity index is 1.98. The maximum absolute atomic E-state index is 12.3. The molecule has 1 heterocycles. The van der Waals surface area contributed by atoms with Gasteiger partial charge in [0.1, 0.15) is 0 Å². The van der Waals surface area contributed by atoms with Crippen molar-refractivity contribution in [3.63, 3.8) is 0 Å². The first kappa shape index (κ1) is 13.3. The molecule has 0 radical (unpaired) electrons. The van der Waals surface area contributed by atoms with Crippen LogP contribution in [0.15, 0.2) is 0 Å². The van der Waals surface area contributed by atoms with Gasteiger partial charge in [0.05, 0.1) is 5.75 Å². The topological polar surface area (TPSA) is 63.4 Å². The Morgan fingerprint density at radius 2 is 1.82 bits per heavy atom. The number of nitrogens with zero attached hydrogens (tertiary/aromatic N) is 1. The molecule has 17 heavy (non-hydrogen) atoms. The van der Waals surface area contributed by atoms with Crippen LogP contribution in [-0.2, 0) is 10.0 Å². The van der Waals surface area contributed by atoms with Crippen molar-refractivity contribution in [2.45, 2.75) is 57.5 Å². The smallest absolute Gasteiger partial charge is 0.214 e. The molecule has 0 aromatic carbocycles. The van der Waals surface area contributed by atoms with Gasteiger partial charge in [-0.1, -0.05) is 19.3 Å². The van der Waals surface area contributed by atoms with E-state index < -0.39 is 10.0 Å². The van der Waals surface area contributed by atoms with E-state index in [1.54, 1.807) is 4.31 Å². The standard InChI is InChI=1S/C12H24N2O2S/c1-10-12(13)7-8-14(10)17(15,16)9-11-5-3-2-4-6-11/h10-12H,2-9,13H2,1H3. The highest BCUT2D eigenvalue weighted by Gasteiger charge is 2.37. The van der Waals surface area contributed by atoms with Gasteiger partial charge in [0.15, 0.2) is 0 Å². The summed E-state index contributed by atoms with van der Waals surface area (Å²) in [5.74, 6) is 0.710. The van der Waals surface area contributed by atoms with E-state index in [-0.39, 0.29) is 12.1 Å². The minimum Gasteiger partial charge on any atom is -0.326 e. The van der Waals surface area contributed by atoms with E-state index in [0.717, 1.165) is 19.3 Å². The molecule has 100 valence electrons. The predicted octanol–water partition coefficient (Wildman–Crippen LogP) is 1.32. The summed E-state index contributed by atoms with van der Waals surface area (Å²) in [5.41, 5.74) is 5.89. The zero-order valence-electron chi connectivity index (χ0n) is 10.6. The summed E-state index contributed by atoms with van der Waals surface area (Å²) in [7, 11) is -3.09. The van der Waals surface area contributed by atoms with Gasteiger partial charge in [-0.15, -0.1) is 0 Å². The summed E-state index contributed by atoms with van der Waals surface area (Å²) < 4.78 is 26.3. The van der Waals surface area contributed by atoms with E-state index in [0.29, 0.717) is 18.2 Å². The molecule has 1 aliphatic carbocycles. The van der Waals surface area contributed by atoms with Crippen LogP contribution in [-0.4, -0.2) is 37.1 Å². The second-order valence-corrected chi connectivity index (χ2v) is 7.55. The monoisotopic (exact) mass is 260 g/mol. The van der Waals surface area contributed by atoms with Crippen LogP contribution in [0.1, 0.15) is 45.4 Å². The Hall–Kier alpha value is -0.130. The normalized spacial score (nSPS) is 33.1. The summed E-state index contributed by atoms with van der Waals surface area (Å²) in [6.45, 7) is 2.54. The Bertz CT molecular complexity index is 350. The number of sulfonamides is 1. The SMILES string of the molecule is CC1C(N)CCN1S(=O)(=O)CC1CCCCC1. The first-order valence-electron chi connectivity index (χ1n) is 6.76. The van der Waals surface area contributed by atoms with Crippen LogP contribution in [0.5, 0.6) is 0 Å². The van der Waals surface area contributed by atoms with Crippen molar-refractivity contribution in [3.05, 3.63) is 0 Å². The van der Waals surface area contributed by atoms with Crippen LogP contribution in [0.3, 0.4) is 0 Å². The molecule has 0 aromatic heterocycles. The summed E-state index contributed by atoms with van der Waals surface area (Å²) in [6.07, 6.45) is 6.60. The first-order valence-corrected chi connectivity index (χ1v) is 8.37. The number of rotatable bonds is 3. The van der Waals surface area contributed by atoms with Crippen LogP contribution >= 0.6 is 0 Å². The maximum Gasteiger partial charge on any atom is 0.214 e. The van der Waals surface area contributed by atoms with Gasteiger partial charge >= 0.3 is 0 Å². The van der Waals surface area contributed by atoms with Crippen LogP contribution < -0.4 is 5.73 Å². The van der Waals surface area contributed by atoms with Gasteiger partial charge in [0.2, 0.25) is 10.0 Å². The Morgan fingerprint density at radius 3 is 2.35 bits per heavy atom. The highest BCUT2D eigenvalue weighted by atomic mass is 32.2. The van der Waals surface area contributed by atoms with Gasteiger partial charge in [-0.05, 0) is 32.1 Å². The van der Waals surface area contributed by atoms with E-state index >= 15 is 0 Å². The molecule has 0 bridgehead atoms. The lowest BCUT2D eigenvalue weighted by Crippen LogP contribution is -2.42. The molecule has 1 saturated heterocycles. The second kappa shape index (κ2) is 5.24. The molecule has 0 spiro atoms. The number of hydrogen-bond acceptors (Lipinski definition) is 3. The second-order valence-electron chi connectivity index (χ2n) is 5.59. The van der Waals surface area contributed by atoms with E-state index in [1.165, 1.54) is 19.3 Å². The van der Waals surface area contributed by atoms with Gasteiger partial charge in [-0.2, -0.15) is 4.31 Å². The fraction of sp³-hybridized carbons (Fsp3) is 1.00. The predicted molar refractivity (Wildman–Crippen MR) is 69.1 cm³/mol. The molecule has 1 aliphatic heterocycles. The Morgan fingerprint density at radius 1 is 1.18 bits per heavy atom. The summed E-state index contributed by atoms with van der Waals surface area (Å²) in [6, 6.07) is -0.0141. The molecule has 4 nitrogen and oxygen atoms in total. The van der Waals surface area contributed by atoms with Crippen LogP contribution in [0.25, 0.3) is 0 Å². The lowest BCUT2D eigenvalue weighted by Gasteiger charge is -2.27. The third-order valence-corrected chi connectivity index (χ3v) is 6.41. The van der Waals surface area contributed by atoms with Crippen molar-refractivity contribution in [2.24, 2.45) is 11.7 Å². The van der Waals surface area contributed by atoms with Gasteiger partial charge < -0.3 is 5.73 Å². The van der Waals surface area contributed by atoms with E-state index in [4.69, 9.17) is 5.73 Å². The average Bonchev–Trinajstić information content (AvgIpc) is 2.61. The molecular formula is C12H24N2O2S. The molecular weight excluding hydrogens is 236 g/mol.